The molecular weight excluding hydrogens is 180 g/mol. The standard InChI is InChI=1S/C11H14O3/c1-10-7-9(12)6-8(10)2-3-11(10)13-4-5-14-11/h6H,2-5,7H2,1H3. The van der Waals surface area contributed by atoms with Crippen LogP contribution < -0.4 is 0 Å². The zero-order valence-electron chi connectivity index (χ0n) is 8.34. The van der Waals surface area contributed by atoms with Gasteiger partial charge in [0.15, 0.2) is 11.6 Å². The van der Waals surface area contributed by atoms with Crippen LogP contribution in [0.3, 0.4) is 0 Å². The molecule has 0 N–H and O–H groups in total. The minimum absolute atomic E-state index is 0.180. The minimum Gasteiger partial charge on any atom is -0.347 e. The normalized spacial score (nSPS) is 39.2. The molecule has 1 unspecified atom stereocenters. The largest absolute Gasteiger partial charge is 0.347 e. The molecule has 0 aromatic heterocycles. The molecule has 1 saturated carbocycles. The molecule has 3 heteroatoms. The first-order chi connectivity index (χ1) is 6.66. The van der Waals surface area contributed by atoms with Gasteiger partial charge in [0.2, 0.25) is 0 Å². The molecule has 0 aromatic rings. The van der Waals surface area contributed by atoms with E-state index in [9.17, 15) is 4.79 Å². The number of hydrogen-bond donors (Lipinski definition) is 0. The highest BCUT2D eigenvalue weighted by molar-refractivity contribution is 5.94. The van der Waals surface area contributed by atoms with Crippen molar-refractivity contribution >= 4 is 5.78 Å². The number of ketones is 1. The van der Waals surface area contributed by atoms with Crippen LogP contribution in [0, 0.1) is 5.41 Å². The van der Waals surface area contributed by atoms with E-state index >= 15 is 0 Å². The molecule has 1 spiro atoms. The Kier molecular flexibility index (Phi) is 1.52. The highest BCUT2D eigenvalue weighted by Gasteiger charge is 2.61. The Labute approximate surface area is 83.1 Å². The van der Waals surface area contributed by atoms with E-state index < -0.39 is 5.79 Å². The molecule has 0 amide bonds. The molecule has 1 aliphatic heterocycles. The van der Waals surface area contributed by atoms with Crippen molar-refractivity contribution in [1.29, 1.82) is 0 Å². The van der Waals surface area contributed by atoms with Crippen molar-refractivity contribution in [3.63, 3.8) is 0 Å². The fourth-order valence-corrected chi connectivity index (χ4v) is 3.09. The lowest BCUT2D eigenvalue weighted by molar-refractivity contribution is -0.208. The Bertz CT molecular complexity index is 325. The van der Waals surface area contributed by atoms with Gasteiger partial charge in [-0.3, -0.25) is 4.79 Å². The molecule has 1 saturated heterocycles. The maximum atomic E-state index is 11.4. The first-order valence-corrected chi connectivity index (χ1v) is 5.18. The van der Waals surface area contributed by atoms with Crippen molar-refractivity contribution < 1.29 is 14.3 Å². The van der Waals surface area contributed by atoms with Gasteiger partial charge in [0.1, 0.15) is 0 Å². The highest BCUT2D eigenvalue weighted by Crippen LogP contribution is 2.58. The fraction of sp³-hybridized carbons (Fsp3) is 0.727. The van der Waals surface area contributed by atoms with Crippen molar-refractivity contribution in [3.05, 3.63) is 11.6 Å². The summed E-state index contributed by atoms with van der Waals surface area (Å²) in [7, 11) is 0. The quantitative estimate of drug-likeness (QED) is 0.585. The van der Waals surface area contributed by atoms with E-state index in [-0.39, 0.29) is 11.2 Å². The number of carbonyl (C=O) groups is 1. The summed E-state index contributed by atoms with van der Waals surface area (Å²) in [5.74, 6) is -0.258. The number of ether oxygens (including phenoxy) is 2. The SMILES string of the molecule is CC12CC(=O)C=C1CCC21OCCO1. The average Bonchev–Trinajstić information content (AvgIpc) is 2.74. The highest BCUT2D eigenvalue weighted by atomic mass is 16.7. The Balaban J connectivity index is 2.05. The van der Waals surface area contributed by atoms with Crippen LogP contribution in [0.1, 0.15) is 26.2 Å². The van der Waals surface area contributed by atoms with Gasteiger partial charge in [-0.2, -0.15) is 0 Å². The van der Waals surface area contributed by atoms with Gasteiger partial charge < -0.3 is 9.47 Å². The second-order valence-electron chi connectivity index (χ2n) is 4.59. The van der Waals surface area contributed by atoms with E-state index in [1.54, 1.807) is 6.08 Å². The summed E-state index contributed by atoms with van der Waals surface area (Å²) in [6.07, 6.45) is 4.20. The molecule has 1 heterocycles. The van der Waals surface area contributed by atoms with Gasteiger partial charge in [0.05, 0.1) is 18.6 Å². The molecule has 3 aliphatic rings. The van der Waals surface area contributed by atoms with Crippen LogP contribution in [0.5, 0.6) is 0 Å². The molecule has 2 fully saturated rings. The van der Waals surface area contributed by atoms with Crippen LogP contribution in [0.15, 0.2) is 11.6 Å². The predicted molar refractivity (Wildman–Crippen MR) is 49.7 cm³/mol. The van der Waals surface area contributed by atoms with Crippen molar-refractivity contribution in [2.24, 2.45) is 5.41 Å². The summed E-state index contributed by atoms with van der Waals surface area (Å²) >= 11 is 0. The van der Waals surface area contributed by atoms with Crippen LogP contribution >= 0.6 is 0 Å². The number of fused-ring (bicyclic) bond motifs is 2. The summed E-state index contributed by atoms with van der Waals surface area (Å²) < 4.78 is 11.5. The van der Waals surface area contributed by atoms with Crippen molar-refractivity contribution in [1.82, 2.24) is 0 Å². The van der Waals surface area contributed by atoms with Crippen LogP contribution in [0.25, 0.3) is 0 Å². The molecule has 1 atom stereocenters. The molecule has 3 nitrogen and oxygen atoms in total. The second-order valence-corrected chi connectivity index (χ2v) is 4.59. The first-order valence-electron chi connectivity index (χ1n) is 5.18. The Morgan fingerprint density at radius 2 is 2.07 bits per heavy atom. The summed E-state index contributed by atoms with van der Waals surface area (Å²) in [6.45, 7) is 3.43. The Morgan fingerprint density at radius 3 is 2.79 bits per heavy atom. The van der Waals surface area contributed by atoms with Gasteiger partial charge in [-0.25, -0.2) is 0 Å². The van der Waals surface area contributed by atoms with Crippen LogP contribution in [-0.2, 0) is 14.3 Å². The fourth-order valence-electron chi connectivity index (χ4n) is 3.09. The third kappa shape index (κ3) is 0.823. The monoisotopic (exact) mass is 194 g/mol. The van der Waals surface area contributed by atoms with E-state index in [0.717, 1.165) is 12.8 Å². The van der Waals surface area contributed by atoms with Gasteiger partial charge >= 0.3 is 0 Å². The Morgan fingerprint density at radius 1 is 1.36 bits per heavy atom. The van der Waals surface area contributed by atoms with Gasteiger partial charge in [-0.15, -0.1) is 0 Å². The van der Waals surface area contributed by atoms with Crippen molar-refractivity contribution in [2.75, 3.05) is 13.2 Å². The predicted octanol–water partition coefficient (Wildman–Crippen LogP) is 1.43. The number of rotatable bonds is 0. The van der Waals surface area contributed by atoms with E-state index in [0.29, 0.717) is 19.6 Å². The van der Waals surface area contributed by atoms with Gasteiger partial charge in [0.25, 0.3) is 0 Å². The summed E-state index contributed by atoms with van der Waals surface area (Å²) in [6, 6.07) is 0. The molecule has 76 valence electrons. The topological polar surface area (TPSA) is 35.5 Å². The zero-order chi connectivity index (χ0) is 9.81. The van der Waals surface area contributed by atoms with Crippen LogP contribution in [0.2, 0.25) is 0 Å². The molecule has 14 heavy (non-hydrogen) atoms. The second kappa shape index (κ2) is 2.47. The summed E-state index contributed by atoms with van der Waals surface area (Å²) in [5, 5.41) is 0. The zero-order valence-corrected chi connectivity index (χ0v) is 8.34. The van der Waals surface area contributed by atoms with E-state index in [1.165, 1.54) is 5.57 Å². The van der Waals surface area contributed by atoms with Gasteiger partial charge in [0, 0.05) is 12.8 Å². The lowest BCUT2D eigenvalue weighted by atomic mass is 9.80. The molecule has 0 aromatic carbocycles. The number of hydrogen-bond acceptors (Lipinski definition) is 3. The number of carbonyl (C=O) groups excluding carboxylic acids is 1. The molecule has 0 radical (unpaired) electrons. The molecule has 2 aliphatic carbocycles. The summed E-state index contributed by atoms with van der Waals surface area (Å²) in [4.78, 5) is 11.4. The smallest absolute Gasteiger partial charge is 0.178 e. The van der Waals surface area contributed by atoms with Gasteiger partial charge in [-0.1, -0.05) is 12.5 Å². The van der Waals surface area contributed by atoms with Crippen molar-refractivity contribution in [3.8, 4) is 0 Å². The summed E-state index contributed by atoms with van der Waals surface area (Å²) in [5.41, 5.74) is 1.05. The van der Waals surface area contributed by atoms with Crippen LogP contribution in [0.4, 0.5) is 0 Å². The van der Waals surface area contributed by atoms with E-state index in [2.05, 4.69) is 6.92 Å². The molecule has 0 bridgehead atoms. The molecular formula is C11H14O3. The van der Waals surface area contributed by atoms with Crippen LogP contribution in [-0.4, -0.2) is 24.8 Å². The van der Waals surface area contributed by atoms with E-state index in [1.807, 2.05) is 0 Å². The molecule has 3 rings (SSSR count). The van der Waals surface area contributed by atoms with Crippen molar-refractivity contribution in [2.45, 2.75) is 32.0 Å². The van der Waals surface area contributed by atoms with E-state index in [4.69, 9.17) is 9.47 Å². The third-order valence-corrected chi connectivity index (χ3v) is 3.89. The van der Waals surface area contributed by atoms with Gasteiger partial charge in [-0.05, 0) is 12.5 Å². The maximum absolute atomic E-state index is 11.4. The lowest BCUT2D eigenvalue weighted by Gasteiger charge is -2.36. The average molecular weight is 194 g/mol. The number of allylic oxidation sites excluding steroid dienone is 1. The lowest BCUT2D eigenvalue weighted by Crippen LogP contribution is -2.43. The minimum atomic E-state index is -0.481. The first kappa shape index (κ1) is 8.62. The Hall–Kier alpha value is -0.670. The maximum Gasteiger partial charge on any atom is 0.178 e. The third-order valence-electron chi connectivity index (χ3n) is 3.89.